The SMILES string of the molecule is CSc1ccccc1NC(=S)Nc1noc2cccc(N(C)C)c12. The molecule has 124 valence electrons. The molecule has 0 fully saturated rings. The van der Waals surface area contributed by atoms with Crippen molar-refractivity contribution in [2.45, 2.75) is 4.90 Å². The Morgan fingerprint density at radius 2 is 1.92 bits per heavy atom. The number of rotatable bonds is 4. The summed E-state index contributed by atoms with van der Waals surface area (Å²) in [5.74, 6) is 0.605. The van der Waals surface area contributed by atoms with Crippen LogP contribution in [-0.2, 0) is 0 Å². The molecule has 0 bridgehead atoms. The van der Waals surface area contributed by atoms with Crippen LogP contribution in [0.25, 0.3) is 11.0 Å². The Hall–Kier alpha value is -2.25. The molecule has 2 aromatic carbocycles. The van der Waals surface area contributed by atoms with Crippen LogP contribution in [-0.4, -0.2) is 30.6 Å². The van der Waals surface area contributed by atoms with Gasteiger partial charge in [-0.15, -0.1) is 11.8 Å². The first-order valence-corrected chi connectivity index (χ1v) is 9.00. The van der Waals surface area contributed by atoms with Gasteiger partial charge in [-0.05, 0) is 42.7 Å². The first-order chi connectivity index (χ1) is 11.6. The number of nitrogens with zero attached hydrogens (tertiary/aromatic N) is 2. The fraction of sp³-hybridized carbons (Fsp3) is 0.176. The highest BCUT2D eigenvalue weighted by Crippen LogP contribution is 2.32. The quantitative estimate of drug-likeness (QED) is 0.529. The van der Waals surface area contributed by atoms with E-state index in [1.807, 2.05) is 67.7 Å². The number of thiocarbonyl (C=S) groups is 1. The zero-order valence-corrected chi connectivity index (χ0v) is 15.3. The fourth-order valence-corrected chi connectivity index (χ4v) is 3.20. The molecule has 3 aromatic rings. The van der Waals surface area contributed by atoms with Crippen LogP contribution in [0.3, 0.4) is 0 Å². The normalized spacial score (nSPS) is 10.6. The van der Waals surface area contributed by atoms with Gasteiger partial charge >= 0.3 is 0 Å². The standard InChI is InChI=1S/C17H18N4OS2/c1-21(2)12-8-6-9-13-15(12)16(20-22-13)19-17(23)18-11-7-4-5-10-14(11)24-3/h4-10H,1-3H3,(H2,18,19,20,23). The van der Waals surface area contributed by atoms with Gasteiger partial charge in [0.05, 0.1) is 16.8 Å². The Kier molecular flexibility index (Phi) is 4.92. The van der Waals surface area contributed by atoms with Crippen molar-refractivity contribution in [1.29, 1.82) is 0 Å². The largest absolute Gasteiger partial charge is 0.377 e. The summed E-state index contributed by atoms with van der Waals surface area (Å²) in [5, 5.41) is 11.9. The molecule has 24 heavy (non-hydrogen) atoms. The molecule has 2 N–H and O–H groups in total. The predicted molar refractivity (Wildman–Crippen MR) is 106 cm³/mol. The molecule has 0 unspecified atom stereocenters. The second kappa shape index (κ2) is 7.11. The Morgan fingerprint density at radius 3 is 2.67 bits per heavy atom. The van der Waals surface area contributed by atoms with Crippen LogP contribution in [0.5, 0.6) is 0 Å². The van der Waals surface area contributed by atoms with Gasteiger partial charge in [-0.1, -0.05) is 23.4 Å². The molecule has 1 aromatic heterocycles. The van der Waals surface area contributed by atoms with Crippen molar-refractivity contribution in [3.63, 3.8) is 0 Å². The second-order valence-corrected chi connectivity index (χ2v) is 6.61. The molecule has 1 heterocycles. The van der Waals surface area contributed by atoms with E-state index in [4.69, 9.17) is 16.7 Å². The highest BCUT2D eigenvalue weighted by molar-refractivity contribution is 7.98. The molecule has 0 spiro atoms. The van der Waals surface area contributed by atoms with Gasteiger partial charge in [0.2, 0.25) is 0 Å². The van der Waals surface area contributed by atoms with Crippen LogP contribution in [0.2, 0.25) is 0 Å². The number of benzene rings is 2. The lowest BCUT2D eigenvalue weighted by Gasteiger charge is -2.15. The van der Waals surface area contributed by atoms with Gasteiger partial charge < -0.3 is 20.1 Å². The van der Waals surface area contributed by atoms with Gasteiger partial charge in [0, 0.05) is 19.0 Å². The smallest absolute Gasteiger partial charge is 0.185 e. The van der Waals surface area contributed by atoms with E-state index in [9.17, 15) is 0 Å². The molecule has 3 rings (SSSR count). The van der Waals surface area contributed by atoms with E-state index < -0.39 is 0 Å². The van der Waals surface area contributed by atoms with E-state index in [0.717, 1.165) is 27.2 Å². The predicted octanol–water partition coefficient (Wildman–Crippen LogP) is 4.42. The molecule has 0 amide bonds. The van der Waals surface area contributed by atoms with Crippen molar-refractivity contribution in [1.82, 2.24) is 5.16 Å². The summed E-state index contributed by atoms with van der Waals surface area (Å²) in [7, 11) is 3.97. The Morgan fingerprint density at radius 1 is 1.12 bits per heavy atom. The maximum absolute atomic E-state index is 5.44. The van der Waals surface area contributed by atoms with Crippen LogP contribution >= 0.6 is 24.0 Å². The van der Waals surface area contributed by atoms with Crippen molar-refractivity contribution < 1.29 is 4.52 Å². The maximum atomic E-state index is 5.44. The molecule has 0 saturated carbocycles. The first-order valence-electron chi connectivity index (χ1n) is 7.37. The third kappa shape index (κ3) is 3.32. The lowest BCUT2D eigenvalue weighted by molar-refractivity contribution is 0.460. The number of anilines is 3. The van der Waals surface area contributed by atoms with Crippen molar-refractivity contribution in [2.75, 3.05) is 35.9 Å². The number of thioether (sulfide) groups is 1. The average molecular weight is 358 g/mol. The summed E-state index contributed by atoms with van der Waals surface area (Å²) in [6.07, 6.45) is 2.03. The van der Waals surface area contributed by atoms with E-state index in [-0.39, 0.29) is 0 Å². The van der Waals surface area contributed by atoms with E-state index in [2.05, 4.69) is 15.8 Å². The van der Waals surface area contributed by atoms with Gasteiger partial charge in [0.25, 0.3) is 0 Å². The minimum atomic E-state index is 0.472. The summed E-state index contributed by atoms with van der Waals surface area (Å²) in [6, 6.07) is 13.9. The highest BCUT2D eigenvalue weighted by atomic mass is 32.2. The number of nitrogens with one attached hydrogen (secondary N) is 2. The van der Waals surface area contributed by atoms with Crippen molar-refractivity contribution >= 4 is 57.3 Å². The Labute approximate surface area is 150 Å². The maximum Gasteiger partial charge on any atom is 0.185 e. The molecular formula is C17H18N4OS2. The number of fused-ring (bicyclic) bond motifs is 1. The summed E-state index contributed by atoms with van der Waals surface area (Å²) in [5.41, 5.74) is 2.70. The van der Waals surface area contributed by atoms with Crippen LogP contribution in [0.15, 0.2) is 51.9 Å². The van der Waals surface area contributed by atoms with E-state index in [1.54, 1.807) is 11.8 Å². The summed E-state index contributed by atoms with van der Waals surface area (Å²) in [6.45, 7) is 0. The van der Waals surface area contributed by atoms with Gasteiger partial charge in [0.1, 0.15) is 0 Å². The monoisotopic (exact) mass is 358 g/mol. The van der Waals surface area contributed by atoms with Crippen LogP contribution < -0.4 is 15.5 Å². The van der Waals surface area contributed by atoms with Crippen molar-refractivity contribution in [3.05, 3.63) is 42.5 Å². The molecule has 0 aliphatic carbocycles. The van der Waals surface area contributed by atoms with Crippen molar-refractivity contribution in [2.24, 2.45) is 0 Å². The van der Waals surface area contributed by atoms with E-state index >= 15 is 0 Å². The fourth-order valence-electron chi connectivity index (χ4n) is 2.44. The minimum absolute atomic E-state index is 0.472. The van der Waals surface area contributed by atoms with Gasteiger partial charge in [-0.25, -0.2) is 0 Å². The van der Waals surface area contributed by atoms with Gasteiger partial charge in [0.15, 0.2) is 16.5 Å². The lowest BCUT2D eigenvalue weighted by Crippen LogP contribution is -2.20. The molecular weight excluding hydrogens is 340 g/mol. The zero-order valence-electron chi connectivity index (χ0n) is 13.7. The van der Waals surface area contributed by atoms with Crippen molar-refractivity contribution in [3.8, 4) is 0 Å². The molecule has 0 saturated heterocycles. The van der Waals surface area contributed by atoms with Gasteiger partial charge in [-0.3, -0.25) is 0 Å². The molecule has 0 aliphatic rings. The van der Waals surface area contributed by atoms with Crippen LogP contribution in [0.4, 0.5) is 17.2 Å². The third-order valence-corrected chi connectivity index (χ3v) is 4.55. The zero-order chi connectivity index (χ0) is 17.1. The molecule has 7 heteroatoms. The van der Waals surface area contributed by atoms with E-state index in [0.29, 0.717) is 10.9 Å². The summed E-state index contributed by atoms with van der Waals surface area (Å²) in [4.78, 5) is 3.14. The molecule has 0 aliphatic heterocycles. The topological polar surface area (TPSA) is 53.3 Å². The number of hydrogen-bond acceptors (Lipinski definition) is 5. The molecule has 0 radical (unpaired) electrons. The Bertz CT molecular complexity index is 876. The van der Waals surface area contributed by atoms with Crippen LogP contribution in [0, 0.1) is 0 Å². The Balaban J connectivity index is 1.86. The highest BCUT2D eigenvalue weighted by Gasteiger charge is 2.15. The first kappa shape index (κ1) is 16.6. The average Bonchev–Trinajstić information content (AvgIpc) is 2.98. The number of aromatic nitrogens is 1. The van der Waals surface area contributed by atoms with Crippen LogP contribution in [0.1, 0.15) is 0 Å². The number of para-hydroxylation sites is 1. The summed E-state index contributed by atoms with van der Waals surface area (Å²) < 4.78 is 5.41. The lowest BCUT2D eigenvalue weighted by atomic mass is 10.2. The summed E-state index contributed by atoms with van der Waals surface area (Å²) >= 11 is 7.10. The molecule has 5 nitrogen and oxygen atoms in total. The molecule has 0 atom stereocenters. The van der Waals surface area contributed by atoms with Gasteiger partial charge in [-0.2, -0.15) is 0 Å². The number of hydrogen-bond donors (Lipinski definition) is 2. The van der Waals surface area contributed by atoms with E-state index in [1.165, 1.54) is 0 Å². The second-order valence-electron chi connectivity index (χ2n) is 5.36. The third-order valence-electron chi connectivity index (χ3n) is 3.55. The minimum Gasteiger partial charge on any atom is -0.377 e.